The standard InChI is InChI=1S/C17H18O2/c1-12-5-7-13(8-6-12)11-16(18)15-4-2-3-14-9-10-19-17(14)15/h2-8,16,18H,9-11H2,1H3. The highest BCUT2D eigenvalue weighted by Crippen LogP contribution is 2.34. The molecule has 0 radical (unpaired) electrons. The van der Waals surface area contributed by atoms with Gasteiger partial charge in [-0.2, -0.15) is 0 Å². The number of aliphatic hydroxyl groups is 1. The van der Waals surface area contributed by atoms with E-state index in [1.54, 1.807) is 0 Å². The molecule has 0 amide bonds. The number of hydrogen-bond donors (Lipinski definition) is 1. The highest BCUT2D eigenvalue weighted by atomic mass is 16.5. The zero-order valence-corrected chi connectivity index (χ0v) is 11.1. The fourth-order valence-corrected chi connectivity index (χ4v) is 2.56. The van der Waals surface area contributed by atoms with E-state index in [-0.39, 0.29) is 0 Å². The second kappa shape index (κ2) is 5.06. The minimum absolute atomic E-state index is 0.504. The Hall–Kier alpha value is -1.80. The van der Waals surface area contributed by atoms with E-state index in [4.69, 9.17) is 4.74 Å². The molecule has 1 heterocycles. The molecule has 3 rings (SSSR count). The Labute approximate surface area is 113 Å². The molecule has 1 aliphatic rings. The summed E-state index contributed by atoms with van der Waals surface area (Å²) in [4.78, 5) is 0. The van der Waals surface area contributed by atoms with Gasteiger partial charge in [-0.1, -0.05) is 48.0 Å². The number of para-hydroxylation sites is 1. The molecule has 0 bridgehead atoms. The first-order valence-electron chi connectivity index (χ1n) is 6.72. The van der Waals surface area contributed by atoms with E-state index in [1.807, 2.05) is 12.1 Å². The van der Waals surface area contributed by atoms with Gasteiger partial charge in [0.05, 0.1) is 12.7 Å². The van der Waals surface area contributed by atoms with E-state index < -0.39 is 6.10 Å². The zero-order valence-electron chi connectivity index (χ0n) is 11.1. The number of benzene rings is 2. The van der Waals surface area contributed by atoms with E-state index in [9.17, 15) is 5.11 Å². The highest BCUT2D eigenvalue weighted by Gasteiger charge is 2.20. The van der Waals surface area contributed by atoms with Crippen molar-refractivity contribution in [2.24, 2.45) is 0 Å². The van der Waals surface area contributed by atoms with Gasteiger partial charge >= 0.3 is 0 Å². The first-order chi connectivity index (χ1) is 9.24. The molecule has 2 aromatic carbocycles. The monoisotopic (exact) mass is 254 g/mol. The minimum atomic E-state index is -0.504. The lowest BCUT2D eigenvalue weighted by Gasteiger charge is -2.14. The maximum absolute atomic E-state index is 10.4. The summed E-state index contributed by atoms with van der Waals surface area (Å²) in [6, 6.07) is 14.3. The number of ether oxygens (including phenoxy) is 1. The summed E-state index contributed by atoms with van der Waals surface area (Å²) in [5.74, 6) is 0.891. The van der Waals surface area contributed by atoms with Gasteiger partial charge in [0.1, 0.15) is 5.75 Å². The molecule has 98 valence electrons. The largest absolute Gasteiger partial charge is 0.493 e. The van der Waals surface area contributed by atoms with Crippen LogP contribution in [0.1, 0.15) is 28.4 Å². The third-order valence-corrected chi connectivity index (χ3v) is 3.65. The maximum Gasteiger partial charge on any atom is 0.128 e. The molecule has 2 aromatic rings. The molecule has 1 aliphatic heterocycles. The van der Waals surface area contributed by atoms with Crippen LogP contribution in [0.4, 0.5) is 0 Å². The number of rotatable bonds is 3. The van der Waals surface area contributed by atoms with Crippen LogP contribution < -0.4 is 4.74 Å². The van der Waals surface area contributed by atoms with Gasteiger partial charge < -0.3 is 9.84 Å². The van der Waals surface area contributed by atoms with Crippen LogP contribution in [0.3, 0.4) is 0 Å². The molecule has 2 heteroatoms. The normalized spacial score (nSPS) is 14.8. The zero-order chi connectivity index (χ0) is 13.2. The average molecular weight is 254 g/mol. The Balaban J connectivity index is 1.83. The molecule has 19 heavy (non-hydrogen) atoms. The van der Waals surface area contributed by atoms with Gasteiger partial charge in [0.2, 0.25) is 0 Å². The lowest BCUT2D eigenvalue weighted by molar-refractivity contribution is 0.173. The Morgan fingerprint density at radius 3 is 2.74 bits per heavy atom. The van der Waals surface area contributed by atoms with Crippen molar-refractivity contribution in [1.29, 1.82) is 0 Å². The number of hydrogen-bond acceptors (Lipinski definition) is 2. The molecule has 0 fully saturated rings. The summed E-state index contributed by atoms with van der Waals surface area (Å²) in [6.07, 6.45) is 1.07. The Bertz CT molecular complexity index is 572. The van der Waals surface area contributed by atoms with Crippen LogP contribution in [0.25, 0.3) is 0 Å². The molecule has 1 atom stereocenters. The fourth-order valence-electron chi connectivity index (χ4n) is 2.56. The maximum atomic E-state index is 10.4. The minimum Gasteiger partial charge on any atom is -0.493 e. The highest BCUT2D eigenvalue weighted by molar-refractivity contribution is 5.45. The van der Waals surface area contributed by atoms with Crippen molar-refractivity contribution in [2.75, 3.05) is 6.61 Å². The predicted molar refractivity (Wildman–Crippen MR) is 75.5 cm³/mol. The van der Waals surface area contributed by atoms with E-state index in [1.165, 1.54) is 11.1 Å². The lowest BCUT2D eigenvalue weighted by Crippen LogP contribution is -2.04. The summed E-state index contributed by atoms with van der Waals surface area (Å²) < 4.78 is 5.65. The molecule has 1 unspecified atom stereocenters. The first-order valence-corrected chi connectivity index (χ1v) is 6.72. The Morgan fingerprint density at radius 2 is 1.95 bits per heavy atom. The summed E-state index contributed by atoms with van der Waals surface area (Å²) in [5.41, 5.74) is 4.51. The van der Waals surface area contributed by atoms with E-state index in [0.29, 0.717) is 6.42 Å². The molecule has 0 aliphatic carbocycles. The third kappa shape index (κ3) is 2.49. The van der Waals surface area contributed by atoms with Crippen LogP contribution in [-0.2, 0) is 12.8 Å². The van der Waals surface area contributed by atoms with Gasteiger partial charge in [-0.15, -0.1) is 0 Å². The van der Waals surface area contributed by atoms with Crippen molar-refractivity contribution in [1.82, 2.24) is 0 Å². The van der Waals surface area contributed by atoms with Crippen molar-refractivity contribution in [3.05, 3.63) is 64.7 Å². The van der Waals surface area contributed by atoms with Crippen molar-refractivity contribution >= 4 is 0 Å². The van der Waals surface area contributed by atoms with E-state index in [2.05, 4.69) is 37.3 Å². The van der Waals surface area contributed by atoms with Crippen molar-refractivity contribution in [3.8, 4) is 5.75 Å². The summed E-state index contributed by atoms with van der Waals surface area (Å²) in [7, 11) is 0. The Kier molecular flexibility index (Phi) is 3.26. The second-order valence-corrected chi connectivity index (χ2v) is 5.14. The van der Waals surface area contributed by atoms with Crippen molar-refractivity contribution in [2.45, 2.75) is 25.9 Å². The van der Waals surface area contributed by atoms with Crippen LogP contribution in [0.2, 0.25) is 0 Å². The van der Waals surface area contributed by atoms with Crippen LogP contribution >= 0.6 is 0 Å². The molecule has 0 spiro atoms. The van der Waals surface area contributed by atoms with E-state index >= 15 is 0 Å². The third-order valence-electron chi connectivity index (χ3n) is 3.65. The molecular weight excluding hydrogens is 236 g/mol. The van der Waals surface area contributed by atoms with Crippen molar-refractivity contribution in [3.63, 3.8) is 0 Å². The number of fused-ring (bicyclic) bond motifs is 1. The Morgan fingerprint density at radius 1 is 1.16 bits per heavy atom. The van der Waals surface area contributed by atoms with E-state index in [0.717, 1.165) is 29.9 Å². The molecule has 0 saturated carbocycles. The molecule has 1 N–H and O–H groups in total. The van der Waals surface area contributed by atoms with Gasteiger partial charge in [0.25, 0.3) is 0 Å². The SMILES string of the molecule is Cc1ccc(CC(O)c2cccc3c2OCC3)cc1. The first kappa shape index (κ1) is 12.2. The lowest BCUT2D eigenvalue weighted by atomic mass is 9.98. The predicted octanol–water partition coefficient (Wildman–Crippen LogP) is 3.21. The summed E-state index contributed by atoms with van der Waals surface area (Å²) in [6.45, 7) is 2.79. The second-order valence-electron chi connectivity index (χ2n) is 5.14. The van der Waals surface area contributed by atoms with Crippen LogP contribution in [0.5, 0.6) is 5.75 Å². The smallest absolute Gasteiger partial charge is 0.128 e. The van der Waals surface area contributed by atoms with Gasteiger partial charge in [-0.05, 0) is 18.1 Å². The topological polar surface area (TPSA) is 29.5 Å². The molecular formula is C17H18O2. The average Bonchev–Trinajstić information content (AvgIpc) is 2.89. The van der Waals surface area contributed by atoms with Gasteiger partial charge in [-0.3, -0.25) is 0 Å². The summed E-state index contributed by atoms with van der Waals surface area (Å²) in [5, 5.41) is 10.4. The molecule has 0 saturated heterocycles. The number of aliphatic hydroxyl groups excluding tert-OH is 1. The van der Waals surface area contributed by atoms with Gasteiger partial charge in [0.15, 0.2) is 0 Å². The van der Waals surface area contributed by atoms with Crippen molar-refractivity contribution < 1.29 is 9.84 Å². The molecule has 0 aromatic heterocycles. The quantitative estimate of drug-likeness (QED) is 0.911. The van der Waals surface area contributed by atoms with Gasteiger partial charge in [0, 0.05) is 18.4 Å². The number of aryl methyl sites for hydroxylation is 1. The van der Waals surface area contributed by atoms with Gasteiger partial charge in [-0.25, -0.2) is 0 Å². The fraction of sp³-hybridized carbons (Fsp3) is 0.294. The van der Waals surface area contributed by atoms with Crippen LogP contribution in [-0.4, -0.2) is 11.7 Å². The van der Waals surface area contributed by atoms with Crippen LogP contribution in [0, 0.1) is 6.92 Å². The molecule has 2 nitrogen and oxygen atoms in total. The summed E-state index contributed by atoms with van der Waals surface area (Å²) >= 11 is 0. The van der Waals surface area contributed by atoms with Crippen LogP contribution in [0.15, 0.2) is 42.5 Å².